The normalized spacial score (nSPS) is 12.2. The third-order valence-corrected chi connectivity index (χ3v) is 7.79. The lowest BCUT2D eigenvalue weighted by Gasteiger charge is -2.09. The molecular formula is C24H17N4P. The van der Waals surface area contributed by atoms with Gasteiger partial charge in [0, 0.05) is 27.4 Å². The van der Waals surface area contributed by atoms with E-state index in [4.69, 9.17) is 9.97 Å². The number of H-pyrrole nitrogens is 1. The van der Waals surface area contributed by atoms with E-state index in [0.717, 1.165) is 33.7 Å². The van der Waals surface area contributed by atoms with Crippen LogP contribution in [0.15, 0.2) is 79.0 Å². The summed E-state index contributed by atoms with van der Waals surface area (Å²) in [6.07, 6.45) is 1.76. The number of para-hydroxylation sites is 1. The highest BCUT2D eigenvalue weighted by Crippen LogP contribution is 2.50. The van der Waals surface area contributed by atoms with Gasteiger partial charge in [-0.1, -0.05) is 60.7 Å². The first-order valence-corrected chi connectivity index (χ1v) is 11.3. The van der Waals surface area contributed by atoms with Crippen molar-refractivity contribution in [3.8, 4) is 22.8 Å². The minimum absolute atomic E-state index is 0.439. The van der Waals surface area contributed by atoms with Crippen molar-refractivity contribution < 1.29 is 0 Å². The molecule has 0 fully saturated rings. The Morgan fingerprint density at radius 1 is 0.759 bits per heavy atom. The van der Waals surface area contributed by atoms with Gasteiger partial charge in [0.25, 0.3) is 0 Å². The van der Waals surface area contributed by atoms with Gasteiger partial charge in [0.2, 0.25) is 0 Å². The summed E-state index contributed by atoms with van der Waals surface area (Å²) in [5.74, 6) is 0.771. The number of hydrogen-bond acceptors (Lipinski definition) is 3. The molecule has 0 radical (unpaired) electrons. The SMILES string of the molecule is Cp1c2ccccc2c2cccc(-c3nc(-c4ccn[nH]4)c4ccccc4n3)c21. The zero-order valence-electron chi connectivity index (χ0n) is 15.8. The second-order valence-corrected chi connectivity index (χ2v) is 9.21. The molecule has 0 bridgehead atoms. The number of benzene rings is 3. The van der Waals surface area contributed by atoms with Crippen LogP contribution >= 0.6 is 7.53 Å². The van der Waals surface area contributed by atoms with Crippen LogP contribution in [0.1, 0.15) is 0 Å². The average molecular weight is 392 g/mol. The second kappa shape index (κ2) is 6.26. The monoisotopic (exact) mass is 392 g/mol. The van der Waals surface area contributed by atoms with Crippen LogP contribution in [0.3, 0.4) is 0 Å². The molecule has 6 rings (SSSR count). The van der Waals surface area contributed by atoms with Crippen molar-refractivity contribution in [2.45, 2.75) is 0 Å². The summed E-state index contributed by atoms with van der Waals surface area (Å²) in [5, 5.41) is 13.7. The Balaban J connectivity index is 1.72. The lowest BCUT2D eigenvalue weighted by Crippen LogP contribution is -1.95. The Morgan fingerprint density at radius 2 is 1.55 bits per heavy atom. The molecule has 1 N–H and O–H groups in total. The largest absolute Gasteiger partial charge is 0.276 e. The molecule has 0 aliphatic carbocycles. The first-order chi connectivity index (χ1) is 14.3. The fraction of sp³-hybridized carbons (Fsp3) is 0.0417. The Kier molecular flexibility index (Phi) is 3.56. The maximum absolute atomic E-state index is 5.02. The molecule has 3 aromatic heterocycles. The van der Waals surface area contributed by atoms with Crippen molar-refractivity contribution in [3.05, 3.63) is 79.0 Å². The molecule has 0 aliphatic rings. The Hall–Kier alpha value is -3.49. The van der Waals surface area contributed by atoms with Crippen LogP contribution in [0.4, 0.5) is 0 Å². The van der Waals surface area contributed by atoms with Crippen LogP contribution in [0.25, 0.3) is 54.7 Å². The number of aromatic nitrogens is 4. The summed E-state index contributed by atoms with van der Waals surface area (Å²) in [6.45, 7) is 2.33. The number of aryl methyl sites for hydroxylation is 1. The van der Waals surface area contributed by atoms with Gasteiger partial charge < -0.3 is 0 Å². The van der Waals surface area contributed by atoms with E-state index in [1.165, 1.54) is 21.0 Å². The fourth-order valence-electron chi connectivity index (χ4n) is 4.21. The molecule has 0 amide bonds. The molecule has 1 unspecified atom stereocenters. The van der Waals surface area contributed by atoms with Crippen LogP contribution in [0.5, 0.6) is 0 Å². The molecule has 0 spiro atoms. The van der Waals surface area contributed by atoms with Gasteiger partial charge >= 0.3 is 0 Å². The van der Waals surface area contributed by atoms with Crippen LogP contribution in [-0.4, -0.2) is 20.2 Å². The molecular weight excluding hydrogens is 375 g/mol. The highest BCUT2D eigenvalue weighted by atomic mass is 31.1. The summed E-state index contributed by atoms with van der Waals surface area (Å²) >= 11 is 0. The quantitative estimate of drug-likeness (QED) is 0.365. The van der Waals surface area contributed by atoms with Gasteiger partial charge in [-0.25, -0.2) is 9.97 Å². The lowest BCUT2D eigenvalue weighted by atomic mass is 10.1. The first-order valence-electron chi connectivity index (χ1n) is 9.54. The van der Waals surface area contributed by atoms with E-state index in [9.17, 15) is 0 Å². The Morgan fingerprint density at radius 3 is 2.41 bits per heavy atom. The van der Waals surface area contributed by atoms with Gasteiger partial charge in [-0.15, -0.1) is 7.53 Å². The predicted octanol–water partition coefficient (Wildman–Crippen LogP) is 6.52. The molecule has 3 heterocycles. The number of rotatable bonds is 2. The Labute approximate surface area is 168 Å². The highest BCUT2D eigenvalue weighted by Gasteiger charge is 2.17. The molecule has 5 heteroatoms. The van der Waals surface area contributed by atoms with E-state index in [1.54, 1.807) is 6.20 Å². The molecule has 3 aromatic carbocycles. The van der Waals surface area contributed by atoms with Gasteiger partial charge in [0.1, 0.15) is 0 Å². The zero-order chi connectivity index (χ0) is 19.4. The molecule has 4 nitrogen and oxygen atoms in total. The Bertz CT molecular complexity index is 1510. The zero-order valence-corrected chi connectivity index (χ0v) is 16.7. The number of nitrogens with zero attached hydrogens (tertiary/aromatic N) is 3. The van der Waals surface area contributed by atoms with E-state index in [0.29, 0.717) is 0 Å². The molecule has 0 aliphatic heterocycles. The number of aromatic amines is 1. The average Bonchev–Trinajstić information content (AvgIpc) is 3.41. The standard InChI is InChI=1S/C24H17N4P/c1-29-21-12-5-3-7-15(21)16-9-6-10-18(23(16)29)24-26-19-11-4-2-8-17(19)22(27-24)20-13-14-25-28-20/h2-14H,1H3,(H,25,28). The van der Waals surface area contributed by atoms with E-state index in [1.807, 2.05) is 24.3 Å². The van der Waals surface area contributed by atoms with Crippen molar-refractivity contribution in [3.63, 3.8) is 0 Å². The van der Waals surface area contributed by atoms with Gasteiger partial charge in [-0.3, -0.25) is 5.10 Å². The third-order valence-electron chi connectivity index (χ3n) is 5.53. The summed E-state index contributed by atoms with van der Waals surface area (Å²) in [6, 6.07) is 25.3. The van der Waals surface area contributed by atoms with Crippen molar-refractivity contribution in [2.75, 3.05) is 0 Å². The topological polar surface area (TPSA) is 54.5 Å². The predicted molar refractivity (Wildman–Crippen MR) is 121 cm³/mol. The van der Waals surface area contributed by atoms with Crippen LogP contribution in [-0.2, 0) is 6.66 Å². The maximum atomic E-state index is 5.02. The van der Waals surface area contributed by atoms with Crippen LogP contribution < -0.4 is 0 Å². The van der Waals surface area contributed by atoms with Gasteiger partial charge in [-0.2, -0.15) is 5.10 Å². The number of hydrogen-bond donors (Lipinski definition) is 1. The molecule has 29 heavy (non-hydrogen) atoms. The summed E-state index contributed by atoms with van der Waals surface area (Å²) < 4.78 is 0. The fourth-order valence-corrected chi connectivity index (χ4v) is 6.41. The third kappa shape index (κ3) is 2.43. The van der Waals surface area contributed by atoms with Crippen LogP contribution in [0, 0.1) is 0 Å². The number of nitrogens with one attached hydrogen (secondary N) is 1. The van der Waals surface area contributed by atoms with Crippen LogP contribution in [0.2, 0.25) is 0 Å². The molecule has 138 valence electrons. The van der Waals surface area contributed by atoms with Crippen molar-refractivity contribution in [2.24, 2.45) is 6.66 Å². The van der Waals surface area contributed by atoms with Gasteiger partial charge in [0.05, 0.1) is 16.9 Å². The second-order valence-electron chi connectivity index (χ2n) is 7.16. The first kappa shape index (κ1) is 16.5. The summed E-state index contributed by atoms with van der Waals surface area (Å²) in [7, 11) is -0.439. The van der Waals surface area contributed by atoms with Crippen molar-refractivity contribution in [1.29, 1.82) is 0 Å². The maximum Gasteiger partial charge on any atom is 0.161 e. The molecule has 1 atom stereocenters. The van der Waals surface area contributed by atoms with E-state index in [-0.39, 0.29) is 0 Å². The van der Waals surface area contributed by atoms with E-state index < -0.39 is 7.53 Å². The minimum Gasteiger partial charge on any atom is -0.276 e. The summed E-state index contributed by atoms with van der Waals surface area (Å²) in [5.41, 5.74) is 3.85. The molecule has 6 aromatic rings. The highest BCUT2D eigenvalue weighted by molar-refractivity contribution is 7.60. The van der Waals surface area contributed by atoms with Crippen molar-refractivity contribution >= 4 is 39.4 Å². The number of fused-ring (bicyclic) bond motifs is 4. The lowest BCUT2D eigenvalue weighted by molar-refractivity contribution is 1.09. The van der Waals surface area contributed by atoms with E-state index >= 15 is 0 Å². The smallest absolute Gasteiger partial charge is 0.161 e. The van der Waals surface area contributed by atoms with Gasteiger partial charge in [-0.05, 0) is 29.6 Å². The van der Waals surface area contributed by atoms with E-state index in [2.05, 4.69) is 65.4 Å². The summed E-state index contributed by atoms with van der Waals surface area (Å²) in [4.78, 5) is 9.97. The minimum atomic E-state index is -0.439. The van der Waals surface area contributed by atoms with Crippen molar-refractivity contribution in [1.82, 2.24) is 20.2 Å². The molecule has 0 saturated heterocycles. The van der Waals surface area contributed by atoms with Gasteiger partial charge in [0.15, 0.2) is 5.82 Å². The molecule has 0 saturated carbocycles.